The highest BCUT2D eigenvalue weighted by Gasteiger charge is 2.15. The van der Waals surface area contributed by atoms with Crippen molar-refractivity contribution in [1.29, 1.82) is 0 Å². The molecule has 2 N–H and O–H groups in total. The molecule has 0 saturated heterocycles. The van der Waals surface area contributed by atoms with Gasteiger partial charge in [0.15, 0.2) is 0 Å². The molecule has 0 aliphatic heterocycles. The van der Waals surface area contributed by atoms with E-state index in [-0.39, 0.29) is 11.9 Å². The van der Waals surface area contributed by atoms with Crippen molar-refractivity contribution in [2.45, 2.75) is 5.92 Å². The molecule has 3 aromatic carbocycles. The van der Waals surface area contributed by atoms with E-state index >= 15 is 0 Å². The summed E-state index contributed by atoms with van der Waals surface area (Å²) in [6, 6.07) is 27.1. The highest BCUT2D eigenvalue weighted by Crippen LogP contribution is 2.23. The SMILES string of the molecule is O=C(NCC(c1ccccc1)c1ccccc1)Nc1ccc(Cl)cc1. The van der Waals surface area contributed by atoms with Crippen LogP contribution in [0.1, 0.15) is 17.0 Å². The molecule has 0 aliphatic carbocycles. The summed E-state index contributed by atoms with van der Waals surface area (Å²) in [5.74, 6) is 0.0957. The molecule has 0 bridgehead atoms. The van der Waals surface area contributed by atoms with Gasteiger partial charge in [0.05, 0.1) is 0 Å². The summed E-state index contributed by atoms with van der Waals surface area (Å²) in [6.45, 7) is 0.507. The Morgan fingerprint density at radius 2 is 1.32 bits per heavy atom. The van der Waals surface area contributed by atoms with Gasteiger partial charge in [0.2, 0.25) is 0 Å². The topological polar surface area (TPSA) is 41.1 Å². The number of urea groups is 1. The molecule has 3 rings (SSSR count). The number of hydrogen-bond donors (Lipinski definition) is 2. The Morgan fingerprint density at radius 3 is 1.84 bits per heavy atom. The molecule has 0 unspecified atom stereocenters. The Labute approximate surface area is 152 Å². The lowest BCUT2D eigenvalue weighted by molar-refractivity contribution is 0.252. The minimum absolute atomic E-state index is 0.0957. The standard InChI is InChI=1S/C21H19ClN2O/c22-18-11-13-19(14-12-18)24-21(25)23-15-20(16-7-3-1-4-8-16)17-9-5-2-6-10-17/h1-14,20H,15H2,(H2,23,24,25). The van der Waals surface area contributed by atoms with Gasteiger partial charge in [-0.3, -0.25) is 0 Å². The maximum absolute atomic E-state index is 12.2. The average Bonchev–Trinajstić information content (AvgIpc) is 2.66. The summed E-state index contributed by atoms with van der Waals surface area (Å²) in [5.41, 5.74) is 3.04. The average molecular weight is 351 g/mol. The molecule has 0 radical (unpaired) electrons. The van der Waals surface area contributed by atoms with Crippen LogP contribution < -0.4 is 10.6 Å². The molecule has 0 aromatic heterocycles. The van der Waals surface area contributed by atoms with Crippen LogP contribution in [0.2, 0.25) is 5.02 Å². The van der Waals surface area contributed by atoms with Crippen LogP contribution in [0, 0.1) is 0 Å². The molecule has 25 heavy (non-hydrogen) atoms. The third-order valence-electron chi connectivity index (χ3n) is 3.97. The lowest BCUT2D eigenvalue weighted by Gasteiger charge is -2.19. The second kappa shape index (κ2) is 8.36. The number of rotatable bonds is 5. The zero-order valence-corrected chi connectivity index (χ0v) is 14.4. The first kappa shape index (κ1) is 17.1. The van der Waals surface area contributed by atoms with Gasteiger partial charge in [0.1, 0.15) is 0 Å². The van der Waals surface area contributed by atoms with E-state index in [4.69, 9.17) is 11.6 Å². The molecule has 3 aromatic rings. The lowest BCUT2D eigenvalue weighted by Crippen LogP contribution is -2.32. The third kappa shape index (κ3) is 4.85. The molecule has 126 valence electrons. The van der Waals surface area contributed by atoms with Gasteiger partial charge in [-0.25, -0.2) is 4.79 Å². The largest absolute Gasteiger partial charge is 0.337 e. The predicted octanol–water partition coefficient (Wildman–Crippen LogP) is 5.29. The van der Waals surface area contributed by atoms with E-state index in [2.05, 4.69) is 34.9 Å². The smallest absolute Gasteiger partial charge is 0.319 e. The van der Waals surface area contributed by atoms with Gasteiger partial charge < -0.3 is 10.6 Å². The van der Waals surface area contributed by atoms with Crippen molar-refractivity contribution in [3.63, 3.8) is 0 Å². The monoisotopic (exact) mass is 350 g/mol. The first-order valence-corrected chi connectivity index (χ1v) is 8.50. The normalized spacial score (nSPS) is 10.5. The zero-order valence-electron chi connectivity index (χ0n) is 13.7. The summed E-state index contributed by atoms with van der Waals surface area (Å²) in [5, 5.41) is 6.42. The Morgan fingerprint density at radius 1 is 0.800 bits per heavy atom. The van der Waals surface area contributed by atoms with E-state index in [1.165, 1.54) is 11.1 Å². The van der Waals surface area contributed by atoms with Crippen LogP contribution in [0.5, 0.6) is 0 Å². The van der Waals surface area contributed by atoms with E-state index in [1.807, 2.05) is 36.4 Å². The second-order valence-electron chi connectivity index (χ2n) is 5.72. The molecule has 0 saturated carbocycles. The molecule has 0 spiro atoms. The minimum atomic E-state index is -0.237. The van der Waals surface area contributed by atoms with Gasteiger partial charge in [0, 0.05) is 23.2 Å². The van der Waals surface area contributed by atoms with Crippen molar-refractivity contribution in [1.82, 2.24) is 5.32 Å². The highest BCUT2D eigenvalue weighted by atomic mass is 35.5. The number of anilines is 1. The maximum Gasteiger partial charge on any atom is 0.319 e. The fourth-order valence-corrected chi connectivity index (χ4v) is 2.83. The van der Waals surface area contributed by atoms with Crippen molar-refractivity contribution in [2.24, 2.45) is 0 Å². The third-order valence-corrected chi connectivity index (χ3v) is 4.22. The van der Waals surface area contributed by atoms with Crippen LogP contribution in [0.3, 0.4) is 0 Å². The van der Waals surface area contributed by atoms with Crippen LogP contribution >= 0.6 is 11.6 Å². The first-order chi connectivity index (χ1) is 12.2. The van der Waals surface area contributed by atoms with Gasteiger partial charge >= 0.3 is 6.03 Å². The Bertz CT molecular complexity index is 765. The summed E-state index contributed by atoms with van der Waals surface area (Å²) in [6.07, 6.45) is 0. The Kier molecular flexibility index (Phi) is 5.70. The van der Waals surface area contributed by atoms with E-state index in [1.54, 1.807) is 24.3 Å². The van der Waals surface area contributed by atoms with Crippen molar-refractivity contribution < 1.29 is 4.79 Å². The van der Waals surface area contributed by atoms with Crippen molar-refractivity contribution in [3.8, 4) is 0 Å². The minimum Gasteiger partial charge on any atom is -0.337 e. The van der Waals surface area contributed by atoms with Gasteiger partial charge in [-0.1, -0.05) is 72.3 Å². The molecule has 0 heterocycles. The fourth-order valence-electron chi connectivity index (χ4n) is 2.70. The van der Waals surface area contributed by atoms with E-state index in [0.29, 0.717) is 17.3 Å². The van der Waals surface area contributed by atoms with Crippen molar-refractivity contribution >= 4 is 23.3 Å². The van der Waals surface area contributed by atoms with Gasteiger partial charge in [-0.15, -0.1) is 0 Å². The number of amides is 2. The Hall–Kier alpha value is -2.78. The second-order valence-corrected chi connectivity index (χ2v) is 6.15. The molecular formula is C21H19ClN2O. The van der Waals surface area contributed by atoms with Crippen LogP contribution in [-0.2, 0) is 0 Å². The number of halogens is 1. The summed E-state index contributed by atoms with van der Waals surface area (Å²) in [7, 11) is 0. The lowest BCUT2D eigenvalue weighted by atomic mass is 9.91. The summed E-state index contributed by atoms with van der Waals surface area (Å²) >= 11 is 5.86. The van der Waals surface area contributed by atoms with Crippen LogP contribution in [0.4, 0.5) is 10.5 Å². The van der Waals surface area contributed by atoms with E-state index < -0.39 is 0 Å². The number of hydrogen-bond acceptors (Lipinski definition) is 1. The fraction of sp³-hybridized carbons (Fsp3) is 0.0952. The number of nitrogens with one attached hydrogen (secondary N) is 2. The number of carbonyl (C=O) groups excluding carboxylic acids is 1. The van der Waals surface area contributed by atoms with Gasteiger partial charge in [0.25, 0.3) is 0 Å². The zero-order chi connectivity index (χ0) is 17.5. The highest BCUT2D eigenvalue weighted by molar-refractivity contribution is 6.30. The van der Waals surface area contributed by atoms with Gasteiger partial charge in [-0.2, -0.15) is 0 Å². The molecule has 4 heteroatoms. The summed E-state index contributed by atoms with van der Waals surface area (Å²) in [4.78, 5) is 12.2. The molecule has 2 amide bonds. The van der Waals surface area contributed by atoms with Gasteiger partial charge in [-0.05, 0) is 35.4 Å². The quantitative estimate of drug-likeness (QED) is 0.644. The summed E-state index contributed by atoms with van der Waals surface area (Å²) < 4.78 is 0. The number of benzene rings is 3. The molecule has 3 nitrogen and oxygen atoms in total. The van der Waals surface area contributed by atoms with Crippen LogP contribution in [0.15, 0.2) is 84.9 Å². The van der Waals surface area contributed by atoms with E-state index in [9.17, 15) is 4.79 Å². The van der Waals surface area contributed by atoms with Crippen LogP contribution in [-0.4, -0.2) is 12.6 Å². The molecule has 0 aliphatic rings. The Balaban J connectivity index is 1.68. The van der Waals surface area contributed by atoms with Crippen LogP contribution in [0.25, 0.3) is 0 Å². The predicted molar refractivity (Wildman–Crippen MR) is 103 cm³/mol. The number of carbonyl (C=O) groups is 1. The molecule has 0 atom stereocenters. The molecular weight excluding hydrogens is 332 g/mol. The van der Waals surface area contributed by atoms with Crippen molar-refractivity contribution in [2.75, 3.05) is 11.9 Å². The molecule has 0 fully saturated rings. The maximum atomic E-state index is 12.2. The first-order valence-electron chi connectivity index (χ1n) is 8.12. The van der Waals surface area contributed by atoms with Crippen molar-refractivity contribution in [3.05, 3.63) is 101 Å². The van der Waals surface area contributed by atoms with E-state index in [0.717, 1.165) is 0 Å².